The summed E-state index contributed by atoms with van der Waals surface area (Å²) in [5, 5.41) is 0. The Morgan fingerprint density at radius 3 is 2.47 bits per heavy atom. The molecule has 0 unspecified atom stereocenters. The lowest BCUT2D eigenvalue weighted by Gasteiger charge is -2.02. The Hall–Kier alpha value is -1.68. The highest BCUT2D eigenvalue weighted by Gasteiger charge is 2.06. The van der Waals surface area contributed by atoms with Crippen molar-refractivity contribution < 1.29 is 4.79 Å². The number of nitrogens with two attached hydrogens (primary N) is 1. The fourth-order valence-electron chi connectivity index (χ4n) is 1.46. The molecule has 0 aliphatic carbocycles. The number of aromatic nitrogens is 1. The van der Waals surface area contributed by atoms with Gasteiger partial charge in [0.15, 0.2) is 5.78 Å². The Morgan fingerprint density at radius 1 is 1.18 bits per heavy atom. The van der Waals surface area contributed by atoms with Crippen LogP contribution in [-0.2, 0) is 6.42 Å². The Bertz CT molecular complexity index is 520. The number of nitrogens with zero attached hydrogens (tertiary/aromatic N) is 1. The van der Waals surface area contributed by atoms with Crippen LogP contribution in [0.15, 0.2) is 47.1 Å². The number of Topliss-reactive ketones (excluding diaryl/α,β-unsaturated/α-hetero) is 1. The number of ketones is 1. The number of rotatable bonds is 3. The summed E-state index contributed by atoms with van der Waals surface area (Å²) in [7, 11) is 0. The summed E-state index contributed by atoms with van der Waals surface area (Å²) < 4.78 is 0.961. The summed E-state index contributed by atoms with van der Waals surface area (Å²) in [6, 6.07) is 10.8. The van der Waals surface area contributed by atoms with Crippen molar-refractivity contribution in [2.24, 2.45) is 0 Å². The number of carbonyl (C=O) groups is 1. The third-order valence-corrected chi connectivity index (χ3v) is 2.91. The van der Waals surface area contributed by atoms with E-state index in [1.165, 1.54) is 0 Å². The molecule has 86 valence electrons. The maximum atomic E-state index is 11.9. The molecule has 0 saturated heterocycles. The third-order valence-electron chi connectivity index (χ3n) is 2.38. The van der Waals surface area contributed by atoms with Gasteiger partial charge in [0.2, 0.25) is 0 Å². The van der Waals surface area contributed by atoms with Crippen LogP contribution in [0.4, 0.5) is 5.82 Å². The molecule has 0 atom stereocenters. The summed E-state index contributed by atoms with van der Waals surface area (Å²) in [6.07, 6.45) is 1.97. The maximum absolute atomic E-state index is 11.9. The molecule has 2 aromatic rings. The largest absolute Gasteiger partial charge is 0.384 e. The molecule has 4 heteroatoms. The average Bonchev–Trinajstić information content (AvgIpc) is 2.33. The first-order valence-electron chi connectivity index (χ1n) is 5.14. The summed E-state index contributed by atoms with van der Waals surface area (Å²) in [5.74, 6) is 0.536. The van der Waals surface area contributed by atoms with E-state index in [0.717, 1.165) is 10.0 Å². The predicted molar refractivity (Wildman–Crippen MR) is 70.8 cm³/mol. The molecule has 0 amide bonds. The van der Waals surface area contributed by atoms with E-state index in [1.54, 1.807) is 24.4 Å². The second kappa shape index (κ2) is 5.10. The van der Waals surface area contributed by atoms with Crippen molar-refractivity contribution >= 4 is 27.5 Å². The van der Waals surface area contributed by atoms with Crippen LogP contribution < -0.4 is 5.73 Å². The lowest BCUT2D eigenvalue weighted by Crippen LogP contribution is -2.04. The van der Waals surface area contributed by atoms with E-state index in [4.69, 9.17) is 5.73 Å². The van der Waals surface area contributed by atoms with Gasteiger partial charge in [-0.05, 0) is 23.8 Å². The van der Waals surface area contributed by atoms with Crippen LogP contribution in [0.25, 0.3) is 0 Å². The molecule has 0 aliphatic rings. The van der Waals surface area contributed by atoms with Crippen LogP contribution in [0.2, 0.25) is 0 Å². The molecule has 0 radical (unpaired) electrons. The first-order valence-corrected chi connectivity index (χ1v) is 5.93. The summed E-state index contributed by atoms with van der Waals surface area (Å²) >= 11 is 3.33. The summed E-state index contributed by atoms with van der Waals surface area (Å²) in [4.78, 5) is 15.9. The Morgan fingerprint density at radius 2 is 1.88 bits per heavy atom. The lowest BCUT2D eigenvalue weighted by molar-refractivity contribution is 0.0993. The van der Waals surface area contributed by atoms with E-state index in [1.807, 2.05) is 18.2 Å². The minimum Gasteiger partial charge on any atom is -0.384 e. The van der Waals surface area contributed by atoms with Crippen molar-refractivity contribution in [2.75, 3.05) is 5.73 Å². The SMILES string of the molecule is Nc1ccc(CC(=O)c2ccc(Br)cc2)cn1. The fraction of sp³-hybridized carbons (Fsp3) is 0.0769. The quantitative estimate of drug-likeness (QED) is 0.885. The van der Waals surface area contributed by atoms with Gasteiger partial charge in [-0.2, -0.15) is 0 Å². The minimum atomic E-state index is 0.0732. The number of benzene rings is 1. The van der Waals surface area contributed by atoms with Crippen molar-refractivity contribution in [1.29, 1.82) is 0 Å². The number of halogens is 1. The monoisotopic (exact) mass is 290 g/mol. The molecule has 1 aromatic heterocycles. The zero-order valence-electron chi connectivity index (χ0n) is 9.06. The molecular formula is C13H11BrN2O. The van der Waals surface area contributed by atoms with E-state index in [0.29, 0.717) is 17.8 Å². The van der Waals surface area contributed by atoms with Gasteiger partial charge >= 0.3 is 0 Å². The fourth-order valence-corrected chi connectivity index (χ4v) is 1.73. The number of nitrogen functional groups attached to an aromatic ring is 1. The first-order chi connectivity index (χ1) is 8.15. The van der Waals surface area contributed by atoms with E-state index < -0.39 is 0 Å². The second-order valence-electron chi connectivity index (χ2n) is 3.70. The standard InChI is InChI=1S/C13H11BrN2O/c14-11-4-2-10(3-5-11)12(17)7-9-1-6-13(15)16-8-9/h1-6,8H,7H2,(H2,15,16). The molecular weight excluding hydrogens is 280 g/mol. The summed E-state index contributed by atoms with van der Waals surface area (Å²) in [6.45, 7) is 0. The summed E-state index contributed by atoms with van der Waals surface area (Å²) in [5.41, 5.74) is 7.05. The van der Waals surface area contributed by atoms with Crippen LogP contribution >= 0.6 is 15.9 Å². The van der Waals surface area contributed by atoms with Gasteiger partial charge in [0, 0.05) is 22.7 Å². The average molecular weight is 291 g/mol. The molecule has 0 spiro atoms. The van der Waals surface area contributed by atoms with Crippen molar-refractivity contribution in [3.05, 3.63) is 58.2 Å². The second-order valence-corrected chi connectivity index (χ2v) is 4.61. The van der Waals surface area contributed by atoms with E-state index >= 15 is 0 Å². The number of pyridine rings is 1. The van der Waals surface area contributed by atoms with Gasteiger partial charge in [-0.25, -0.2) is 4.98 Å². The maximum Gasteiger partial charge on any atom is 0.167 e. The molecule has 1 heterocycles. The Balaban J connectivity index is 2.11. The Kier molecular flexibility index (Phi) is 3.54. The number of carbonyl (C=O) groups excluding carboxylic acids is 1. The number of anilines is 1. The highest BCUT2D eigenvalue weighted by Crippen LogP contribution is 2.13. The smallest absolute Gasteiger partial charge is 0.167 e. The molecule has 0 saturated carbocycles. The Labute approximate surface area is 108 Å². The van der Waals surface area contributed by atoms with Crippen LogP contribution in [0.3, 0.4) is 0 Å². The molecule has 1 aromatic carbocycles. The molecule has 2 N–H and O–H groups in total. The van der Waals surface area contributed by atoms with Gasteiger partial charge in [0.1, 0.15) is 5.82 Å². The van der Waals surface area contributed by atoms with Crippen molar-refractivity contribution in [3.63, 3.8) is 0 Å². The van der Waals surface area contributed by atoms with Gasteiger partial charge in [0.25, 0.3) is 0 Å². The van der Waals surface area contributed by atoms with Crippen LogP contribution in [0.5, 0.6) is 0 Å². The van der Waals surface area contributed by atoms with Crippen LogP contribution in [0.1, 0.15) is 15.9 Å². The van der Waals surface area contributed by atoms with E-state index in [9.17, 15) is 4.79 Å². The number of hydrogen-bond acceptors (Lipinski definition) is 3. The van der Waals surface area contributed by atoms with Crippen LogP contribution in [0, 0.1) is 0 Å². The predicted octanol–water partition coefficient (Wildman–Crippen LogP) is 2.85. The van der Waals surface area contributed by atoms with Gasteiger partial charge in [0.05, 0.1) is 0 Å². The minimum absolute atomic E-state index is 0.0732. The van der Waals surface area contributed by atoms with Gasteiger partial charge in [-0.1, -0.05) is 34.1 Å². The highest BCUT2D eigenvalue weighted by atomic mass is 79.9. The molecule has 2 rings (SSSR count). The molecule has 3 nitrogen and oxygen atoms in total. The van der Waals surface area contributed by atoms with Gasteiger partial charge in [-0.15, -0.1) is 0 Å². The van der Waals surface area contributed by atoms with Crippen molar-refractivity contribution in [3.8, 4) is 0 Å². The zero-order chi connectivity index (χ0) is 12.3. The topological polar surface area (TPSA) is 56.0 Å². The zero-order valence-corrected chi connectivity index (χ0v) is 10.6. The first kappa shape index (κ1) is 11.8. The molecule has 0 bridgehead atoms. The van der Waals surface area contributed by atoms with E-state index in [2.05, 4.69) is 20.9 Å². The highest BCUT2D eigenvalue weighted by molar-refractivity contribution is 9.10. The van der Waals surface area contributed by atoms with Crippen LogP contribution in [-0.4, -0.2) is 10.8 Å². The van der Waals surface area contributed by atoms with E-state index in [-0.39, 0.29) is 5.78 Å². The van der Waals surface area contributed by atoms with Crippen molar-refractivity contribution in [1.82, 2.24) is 4.98 Å². The molecule has 0 fully saturated rings. The van der Waals surface area contributed by atoms with Gasteiger partial charge < -0.3 is 5.73 Å². The molecule has 17 heavy (non-hydrogen) atoms. The lowest BCUT2D eigenvalue weighted by atomic mass is 10.0. The third kappa shape index (κ3) is 3.14. The van der Waals surface area contributed by atoms with Gasteiger partial charge in [-0.3, -0.25) is 4.79 Å². The normalized spacial score (nSPS) is 10.2. The number of hydrogen-bond donors (Lipinski definition) is 1. The molecule has 0 aliphatic heterocycles. The van der Waals surface area contributed by atoms with Crippen molar-refractivity contribution in [2.45, 2.75) is 6.42 Å².